The fraction of sp³-hybridized carbons (Fsp3) is 0.556. The maximum absolute atomic E-state index is 11.8. The van der Waals surface area contributed by atoms with Crippen LogP contribution in [0.3, 0.4) is 0 Å². The molecule has 0 aromatic heterocycles. The normalized spacial score (nSPS) is 19.8. The van der Waals surface area contributed by atoms with E-state index in [1.807, 2.05) is 24.3 Å². The van der Waals surface area contributed by atoms with Gasteiger partial charge in [0.2, 0.25) is 0 Å². The van der Waals surface area contributed by atoms with Crippen molar-refractivity contribution in [3.8, 4) is 0 Å². The second-order valence-electron chi connectivity index (χ2n) is 6.16. The third-order valence-electron chi connectivity index (χ3n) is 4.34. The molecular formula is C18H27ClIN3O3. The van der Waals surface area contributed by atoms with Crippen LogP contribution in [-0.4, -0.2) is 57.2 Å². The van der Waals surface area contributed by atoms with E-state index in [1.165, 1.54) is 7.11 Å². The number of nitrogens with zero attached hydrogens (tertiary/aromatic N) is 2. The Hall–Kier alpha value is -1.06. The highest BCUT2D eigenvalue weighted by molar-refractivity contribution is 14.0. The first kappa shape index (κ1) is 23.0. The molecule has 1 aromatic carbocycles. The minimum Gasteiger partial charge on any atom is -0.469 e. The van der Waals surface area contributed by atoms with Gasteiger partial charge in [0.15, 0.2) is 5.96 Å². The molecule has 0 amide bonds. The predicted octanol–water partition coefficient (Wildman–Crippen LogP) is 2.79. The Bertz CT molecular complexity index is 598. The quantitative estimate of drug-likeness (QED) is 0.216. The minimum absolute atomic E-state index is 0. The molecule has 1 aliphatic rings. The van der Waals surface area contributed by atoms with Crippen molar-refractivity contribution in [3.05, 3.63) is 34.9 Å². The van der Waals surface area contributed by atoms with Crippen LogP contribution < -0.4 is 5.32 Å². The van der Waals surface area contributed by atoms with Crippen LogP contribution in [-0.2, 0) is 20.9 Å². The zero-order valence-corrected chi connectivity index (χ0v) is 18.5. The molecule has 1 aliphatic heterocycles. The lowest BCUT2D eigenvalue weighted by Crippen LogP contribution is -2.41. The summed E-state index contributed by atoms with van der Waals surface area (Å²) in [6, 6.07) is 7.61. The summed E-state index contributed by atoms with van der Waals surface area (Å²) in [7, 11) is 3.18. The first-order valence-corrected chi connectivity index (χ1v) is 8.78. The van der Waals surface area contributed by atoms with E-state index in [4.69, 9.17) is 21.1 Å². The number of methoxy groups -OCH3 is 1. The van der Waals surface area contributed by atoms with Crippen molar-refractivity contribution in [1.82, 2.24) is 10.2 Å². The van der Waals surface area contributed by atoms with Gasteiger partial charge in [0.1, 0.15) is 0 Å². The molecule has 2 rings (SSSR count). The molecule has 1 aromatic rings. The van der Waals surface area contributed by atoms with Crippen molar-refractivity contribution in [2.75, 3.05) is 40.4 Å². The Morgan fingerprint density at radius 3 is 2.65 bits per heavy atom. The molecule has 2 unspecified atom stereocenters. The molecule has 8 heteroatoms. The highest BCUT2D eigenvalue weighted by Crippen LogP contribution is 2.23. The summed E-state index contributed by atoms with van der Waals surface area (Å²) >= 11 is 5.86. The smallest absolute Gasteiger partial charge is 0.310 e. The lowest BCUT2D eigenvalue weighted by molar-refractivity contribution is -0.145. The van der Waals surface area contributed by atoms with Crippen molar-refractivity contribution < 1.29 is 14.3 Å². The molecule has 0 radical (unpaired) electrons. The Morgan fingerprint density at radius 1 is 1.35 bits per heavy atom. The third-order valence-corrected chi connectivity index (χ3v) is 4.59. The summed E-state index contributed by atoms with van der Waals surface area (Å²) in [6.07, 6.45) is 0. The molecule has 1 N–H and O–H groups in total. The number of guanidine groups is 1. The van der Waals surface area contributed by atoms with Gasteiger partial charge in [-0.05, 0) is 23.6 Å². The SMILES string of the molecule is CN=C(NCCOCc1ccc(Cl)cc1)N1CC(C)C(C(=O)OC)C1.I. The standard InChI is InChI=1S/C18H26ClN3O3.HI/c1-13-10-22(11-16(13)17(23)24-3)18(20-2)21-8-9-25-12-14-4-6-15(19)7-5-14;/h4-7,13,16H,8-12H2,1-3H3,(H,20,21);1H. The molecular weight excluding hydrogens is 469 g/mol. The fourth-order valence-corrected chi connectivity index (χ4v) is 3.06. The maximum atomic E-state index is 11.8. The van der Waals surface area contributed by atoms with Gasteiger partial charge in [-0.1, -0.05) is 30.7 Å². The lowest BCUT2D eigenvalue weighted by atomic mass is 9.99. The van der Waals surface area contributed by atoms with Crippen molar-refractivity contribution in [2.45, 2.75) is 13.5 Å². The van der Waals surface area contributed by atoms with E-state index in [2.05, 4.69) is 22.1 Å². The van der Waals surface area contributed by atoms with Crippen LogP contribution in [0.2, 0.25) is 5.02 Å². The highest BCUT2D eigenvalue weighted by Gasteiger charge is 2.36. The van der Waals surface area contributed by atoms with Gasteiger partial charge in [-0.15, -0.1) is 24.0 Å². The van der Waals surface area contributed by atoms with E-state index < -0.39 is 0 Å². The average molecular weight is 496 g/mol. The van der Waals surface area contributed by atoms with Crippen molar-refractivity contribution in [2.24, 2.45) is 16.8 Å². The largest absolute Gasteiger partial charge is 0.469 e. The van der Waals surface area contributed by atoms with E-state index in [1.54, 1.807) is 7.05 Å². The number of carbonyl (C=O) groups is 1. The minimum atomic E-state index is -0.156. The summed E-state index contributed by atoms with van der Waals surface area (Å²) in [5.41, 5.74) is 1.09. The number of carbonyl (C=O) groups excluding carboxylic acids is 1. The summed E-state index contributed by atoms with van der Waals surface area (Å²) < 4.78 is 10.5. The first-order chi connectivity index (χ1) is 12.0. The second kappa shape index (κ2) is 11.6. The lowest BCUT2D eigenvalue weighted by Gasteiger charge is -2.21. The molecule has 26 heavy (non-hydrogen) atoms. The number of ether oxygens (including phenoxy) is 2. The topological polar surface area (TPSA) is 63.2 Å². The molecule has 1 fully saturated rings. The summed E-state index contributed by atoms with van der Waals surface area (Å²) in [4.78, 5) is 18.2. The summed E-state index contributed by atoms with van der Waals surface area (Å²) in [5.74, 6) is 0.766. The number of aliphatic imine (C=N–C) groups is 1. The predicted molar refractivity (Wildman–Crippen MR) is 114 cm³/mol. The van der Waals surface area contributed by atoms with Gasteiger partial charge in [0, 0.05) is 31.7 Å². The third kappa shape index (κ3) is 6.59. The van der Waals surface area contributed by atoms with E-state index >= 15 is 0 Å². The first-order valence-electron chi connectivity index (χ1n) is 8.40. The second-order valence-corrected chi connectivity index (χ2v) is 6.60. The van der Waals surface area contributed by atoms with Gasteiger partial charge in [0.05, 0.1) is 26.2 Å². The van der Waals surface area contributed by atoms with Gasteiger partial charge in [-0.25, -0.2) is 0 Å². The van der Waals surface area contributed by atoms with Gasteiger partial charge in [0.25, 0.3) is 0 Å². The number of esters is 1. The molecule has 1 heterocycles. The molecule has 0 saturated carbocycles. The van der Waals surface area contributed by atoms with Crippen LogP contribution in [0.4, 0.5) is 0 Å². The Balaban J connectivity index is 0.00000338. The van der Waals surface area contributed by atoms with Gasteiger partial charge in [-0.3, -0.25) is 9.79 Å². The van der Waals surface area contributed by atoms with E-state index in [0.717, 1.165) is 23.1 Å². The molecule has 6 nitrogen and oxygen atoms in total. The van der Waals surface area contributed by atoms with Crippen LogP contribution in [0.5, 0.6) is 0 Å². The zero-order chi connectivity index (χ0) is 18.2. The summed E-state index contributed by atoms with van der Waals surface area (Å²) in [6.45, 7) is 5.22. The van der Waals surface area contributed by atoms with E-state index in [0.29, 0.717) is 26.3 Å². The summed E-state index contributed by atoms with van der Waals surface area (Å²) in [5, 5.41) is 4.00. The maximum Gasteiger partial charge on any atom is 0.310 e. The molecule has 146 valence electrons. The molecule has 2 atom stereocenters. The van der Waals surface area contributed by atoms with E-state index in [9.17, 15) is 4.79 Å². The van der Waals surface area contributed by atoms with Gasteiger partial charge < -0.3 is 19.7 Å². The van der Waals surface area contributed by atoms with E-state index in [-0.39, 0.29) is 41.8 Å². The van der Waals surface area contributed by atoms with Crippen LogP contribution in [0, 0.1) is 11.8 Å². The Kier molecular flexibility index (Phi) is 10.3. The Morgan fingerprint density at radius 2 is 2.04 bits per heavy atom. The number of benzene rings is 1. The molecule has 0 spiro atoms. The van der Waals surface area contributed by atoms with Gasteiger partial charge >= 0.3 is 5.97 Å². The van der Waals surface area contributed by atoms with Crippen LogP contribution >= 0.6 is 35.6 Å². The highest BCUT2D eigenvalue weighted by atomic mass is 127. The van der Waals surface area contributed by atoms with Crippen molar-refractivity contribution in [1.29, 1.82) is 0 Å². The number of hydrogen-bond donors (Lipinski definition) is 1. The van der Waals surface area contributed by atoms with Crippen LogP contribution in [0.1, 0.15) is 12.5 Å². The number of hydrogen-bond acceptors (Lipinski definition) is 4. The number of likely N-dealkylation sites (tertiary alicyclic amines) is 1. The number of halogens is 2. The van der Waals surface area contributed by atoms with Crippen LogP contribution in [0.15, 0.2) is 29.3 Å². The fourth-order valence-electron chi connectivity index (χ4n) is 2.94. The average Bonchev–Trinajstić information content (AvgIpc) is 3.00. The van der Waals surface area contributed by atoms with Crippen molar-refractivity contribution in [3.63, 3.8) is 0 Å². The molecule has 0 aliphatic carbocycles. The zero-order valence-electron chi connectivity index (χ0n) is 15.4. The van der Waals surface area contributed by atoms with Crippen LogP contribution in [0.25, 0.3) is 0 Å². The molecule has 0 bridgehead atoms. The molecule has 1 saturated heterocycles. The monoisotopic (exact) mass is 495 g/mol. The number of nitrogens with one attached hydrogen (secondary N) is 1. The van der Waals surface area contributed by atoms with Gasteiger partial charge in [-0.2, -0.15) is 0 Å². The van der Waals surface area contributed by atoms with Crippen molar-refractivity contribution >= 4 is 47.5 Å². The Labute approximate surface area is 177 Å². The number of rotatable bonds is 6.